The van der Waals surface area contributed by atoms with E-state index in [-0.39, 0.29) is 23.8 Å². The second-order valence-corrected chi connectivity index (χ2v) is 6.08. The normalized spacial score (nSPS) is 11.0. The minimum absolute atomic E-state index is 0.131. The molecule has 12 heteroatoms. The average Bonchev–Trinajstić information content (AvgIpc) is 2.61. The third-order valence-corrected chi connectivity index (χ3v) is 3.70. The van der Waals surface area contributed by atoms with Gasteiger partial charge >= 0.3 is 0 Å². The van der Waals surface area contributed by atoms with Crippen molar-refractivity contribution in [3.8, 4) is 0 Å². The fourth-order valence-electron chi connectivity index (χ4n) is 2.43. The Labute approximate surface area is 163 Å². The summed E-state index contributed by atoms with van der Waals surface area (Å²) in [6, 6.07) is 0. The molecule has 2 aromatic heterocycles. The quantitative estimate of drug-likeness (QED) is 0.326. The largest absolute Gasteiger partial charge is 0.381 e. The number of hydrogen-bond acceptors (Lipinski definition) is 12. The second kappa shape index (κ2) is 11.8. The lowest BCUT2D eigenvalue weighted by molar-refractivity contribution is 0.123. The first-order valence-corrected chi connectivity index (χ1v) is 9.20. The zero-order valence-corrected chi connectivity index (χ0v) is 15.9. The molecule has 28 heavy (non-hydrogen) atoms. The molecule has 0 atom stereocenters. The van der Waals surface area contributed by atoms with Crippen LogP contribution in [0.4, 0.5) is 23.8 Å². The molecule has 2 aromatic rings. The van der Waals surface area contributed by atoms with Crippen LogP contribution in [0.3, 0.4) is 0 Å². The highest BCUT2D eigenvalue weighted by Crippen LogP contribution is 2.04. The predicted octanol–water partition coefficient (Wildman–Crippen LogP) is -0.236. The van der Waals surface area contributed by atoms with Gasteiger partial charge in [0, 0.05) is 26.1 Å². The van der Waals surface area contributed by atoms with Gasteiger partial charge in [0.2, 0.25) is 23.8 Å². The summed E-state index contributed by atoms with van der Waals surface area (Å²) >= 11 is 0. The zero-order chi connectivity index (χ0) is 20.2. The van der Waals surface area contributed by atoms with E-state index in [0.29, 0.717) is 50.9 Å². The molecule has 0 bridgehead atoms. The molecule has 0 saturated heterocycles. The maximum atomic E-state index is 5.58. The number of nitrogens with zero attached hydrogens (tertiary/aromatic N) is 6. The van der Waals surface area contributed by atoms with Gasteiger partial charge in [0.1, 0.15) is 11.6 Å². The Morgan fingerprint density at radius 3 is 1.18 bits per heavy atom. The summed E-state index contributed by atoms with van der Waals surface area (Å²) in [6.45, 7) is 2.44. The van der Waals surface area contributed by atoms with Crippen molar-refractivity contribution >= 4 is 23.8 Å². The minimum Gasteiger partial charge on any atom is -0.381 e. The Kier molecular flexibility index (Phi) is 9.01. The maximum absolute atomic E-state index is 5.58. The van der Waals surface area contributed by atoms with Crippen LogP contribution in [0, 0.1) is 0 Å². The average molecular weight is 392 g/mol. The van der Waals surface area contributed by atoms with E-state index >= 15 is 0 Å². The van der Waals surface area contributed by atoms with Crippen LogP contribution in [0.5, 0.6) is 0 Å². The highest BCUT2D eigenvalue weighted by Gasteiger charge is 2.03. The number of nitrogens with two attached hydrogens (primary N) is 4. The molecule has 0 amide bonds. The van der Waals surface area contributed by atoms with Crippen LogP contribution in [0.1, 0.15) is 37.3 Å². The second-order valence-electron chi connectivity index (χ2n) is 6.08. The molecule has 0 aliphatic rings. The molecule has 0 radical (unpaired) electrons. The molecule has 2 heterocycles. The Morgan fingerprint density at radius 1 is 0.464 bits per heavy atom. The van der Waals surface area contributed by atoms with E-state index in [2.05, 4.69) is 29.9 Å². The zero-order valence-electron chi connectivity index (χ0n) is 15.9. The van der Waals surface area contributed by atoms with Gasteiger partial charge in [-0.15, -0.1) is 0 Å². The molecule has 0 spiro atoms. The summed E-state index contributed by atoms with van der Waals surface area (Å²) in [6.07, 6.45) is 5.26. The molecular formula is C16H28N10O2. The van der Waals surface area contributed by atoms with Crippen molar-refractivity contribution in [3.63, 3.8) is 0 Å². The van der Waals surface area contributed by atoms with Crippen molar-refractivity contribution in [2.75, 3.05) is 49.4 Å². The molecule has 0 fully saturated rings. The van der Waals surface area contributed by atoms with Crippen molar-refractivity contribution in [2.45, 2.75) is 38.5 Å². The number of aromatic nitrogens is 6. The van der Waals surface area contributed by atoms with Gasteiger partial charge in [-0.2, -0.15) is 29.9 Å². The Hall–Kier alpha value is -2.86. The highest BCUT2D eigenvalue weighted by molar-refractivity contribution is 5.26. The van der Waals surface area contributed by atoms with Crippen LogP contribution < -0.4 is 22.9 Å². The highest BCUT2D eigenvalue weighted by atomic mass is 16.5. The van der Waals surface area contributed by atoms with Crippen molar-refractivity contribution in [2.24, 2.45) is 0 Å². The Balaban J connectivity index is 1.40. The molecule has 12 nitrogen and oxygen atoms in total. The molecule has 0 aliphatic carbocycles. The van der Waals surface area contributed by atoms with Gasteiger partial charge in [-0.05, 0) is 12.8 Å². The summed E-state index contributed by atoms with van der Waals surface area (Å²) in [5, 5.41) is 0. The van der Waals surface area contributed by atoms with Gasteiger partial charge in [0.05, 0.1) is 13.2 Å². The van der Waals surface area contributed by atoms with Crippen molar-refractivity contribution in [3.05, 3.63) is 11.6 Å². The number of unbranched alkanes of at least 4 members (excludes halogenated alkanes) is 3. The number of ether oxygens (including phenoxy) is 2. The third kappa shape index (κ3) is 8.68. The summed E-state index contributed by atoms with van der Waals surface area (Å²) in [4.78, 5) is 23.5. The standard InChI is InChI=1S/C16H28N10O2/c17-13-21-11(22-14(18)25-13)5-9-27-7-3-1-2-4-8-28-10-6-12-23-15(19)26-16(20)24-12/h1-10H2,(H4,17,18,21,22,25)(H4,19,20,23,24,26). The maximum Gasteiger partial charge on any atom is 0.225 e. The van der Waals surface area contributed by atoms with E-state index in [1.165, 1.54) is 0 Å². The lowest BCUT2D eigenvalue weighted by atomic mass is 10.2. The molecule has 8 N–H and O–H groups in total. The van der Waals surface area contributed by atoms with Crippen LogP contribution in [-0.4, -0.2) is 56.3 Å². The molecule has 0 aromatic carbocycles. The smallest absolute Gasteiger partial charge is 0.225 e. The van der Waals surface area contributed by atoms with Gasteiger partial charge in [-0.25, -0.2) is 0 Å². The van der Waals surface area contributed by atoms with E-state index in [9.17, 15) is 0 Å². The fraction of sp³-hybridized carbons (Fsp3) is 0.625. The lowest BCUT2D eigenvalue weighted by Gasteiger charge is -2.06. The van der Waals surface area contributed by atoms with E-state index in [1.54, 1.807) is 0 Å². The van der Waals surface area contributed by atoms with E-state index < -0.39 is 0 Å². The van der Waals surface area contributed by atoms with Crippen molar-refractivity contribution in [1.29, 1.82) is 0 Å². The molecule has 0 aliphatic heterocycles. The Bertz CT molecular complexity index is 629. The molecule has 154 valence electrons. The first-order valence-electron chi connectivity index (χ1n) is 9.20. The lowest BCUT2D eigenvalue weighted by Crippen LogP contribution is -2.10. The fourth-order valence-corrected chi connectivity index (χ4v) is 2.43. The van der Waals surface area contributed by atoms with Gasteiger partial charge in [-0.1, -0.05) is 12.8 Å². The third-order valence-electron chi connectivity index (χ3n) is 3.70. The van der Waals surface area contributed by atoms with Crippen LogP contribution in [-0.2, 0) is 22.3 Å². The number of hydrogen-bond donors (Lipinski definition) is 4. The van der Waals surface area contributed by atoms with Crippen LogP contribution in [0.2, 0.25) is 0 Å². The van der Waals surface area contributed by atoms with Crippen molar-refractivity contribution < 1.29 is 9.47 Å². The van der Waals surface area contributed by atoms with Crippen LogP contribution in [0.25, 0.3) is 0 Å². The van der Waals surface area contributed by atoms with Gasteiger partial charge in [0.15, 0.2) is 0 Å². The van der Waals surface area contributed by atoms with E-state index in [4.69, 9.17) is 32.4 Å². The predicted molar refractivity (Wildman–Crippen MR) is 105 cm³/mol. The van der Waals surface area contributed by atoms with Crippen molar-refractivity contribution in [1.82, 2.24) is 29.9 Å². The number of anilines is 4. The van der Waals surface area contributed by atoms with Gasteiger partial charge in [0.25, 0.3) is 0 Å². The van der Waals surface area contributed by atoms with E-state index in [1.807, 2.05) is 0 Å². The van der Waals surface area contributed by atoms with Crippen LogP contribution >= 0.6 is 0 Å². The number of rotatable bonds is 13. The van der Waals surface area contributed by atoms with Crippen LogP contribution in [0.15, 0.2) is 0 Å². The van der Waals surface area contributed by atoms with Gasteiger partial charge in [-0.3, -0.25) is 0 Å². The summed E-state index contributed by atoms with van der Waals surface area (Å²) in [5.41, 5.74) is 22.1. The monoisotopic (exact) mass is 392 g/mol. The minimum atomic E-state index is 0.131. The first-order chi connectivity index (χ1) is 13.5. The summed E-state index contributed by atoms with van der Waals surface area (Å²) < 4.78 is 11.2. The first kappa shape index (κ1) is 21.4. The molecular weight excluding hydrogens is 364 g/mol. The molecule has 0 unspecified atom stereocenters. The Morgan fingerprint density at radius 2 is 0.821 bits per heavy atom. The topological polar surface area (TPSA) is 200 Å². The van der Waals surface area contributed by atoms with Gasteiger partial charge < -0.3 is 32.4 Å². The van der Waals surface area contributed by atoms with E-state index in [0.717, 1.165) is 25.7 Å². The summed E-state index contributed by atoms with van der Waals surface area (Å²) in [5.74, 6) is 1.62. The SMILES string of the molecule is Nc1nc(N)nc(CCOCCCCCCOCCc2nc(N)nc(N)n2)n1. The summed E-state index contributed by atoms with van der Waals surface area (Å²) in [7, 11) is 0. The molecule has 0 saturated carbocycles. The number of nitrogen functional groups attached to an aromatic ring is 4. The molecule has 2 rings (SSSR count).